The van der Waals surface area contributed by atoms with E-state index in [9.17, 15) is 0 Å². The van der Waals surface area contributed by atoms with Gasteiger partial charge in [-0.25, -0.2) is 4.98 Å². The third-order valence-electron chi connectivity index (χ3n) is 1.38. The zero-order valence-electron chi connectivity index (χ0n) is 7.09. The SMILES string of the molecule is Cc1csc(C(C)NC(=N)N)n1. The molecule has 1 aromatic heterocycles. The van der Waals surface area contributed by atoms with Gasteiger partial charge in [-0.15, -0.1) is 11.3 Å². The maximum absolute atomic E-state index is 7.02. The first-order chi connectivity index (χ1) is 5.59. The average Bonchev–Trinajstić information content (AvgIpc) is 2.34. The van der Waals surface area contributed by atoms with E-state index in [2.05, 4.69) is 10.3 Å². The van der Waals surface area contributed by atoms with Crippen molar-refractivity contribution < 1.29 is 0 Å². The second-order valence-corrected chi connectivity index (χ2v) is 3.50. The summed E-state index contributed by atoms with van der Waals surface area (Å²) in [5, 5.41) is 12.7. The van der Waals surface area contributed by atoms with Gasteiger partial charge in [0.1, 0.15) is 5.01 Å². The van der Waals surface area contributed by atoms with E-state index in [-0.39, 0.29) is 12.0 Å². The van der Waals surface area contributed by atoms with Crippen LogP contribution in [-0.2, 0) is 0 Å². The zero-order chi connectivity index (χ0) is 9.14. The lowest BCUT2D eigenvalue weighted by atomic mass is 10.3. The van der Waals surface area contributed by atoms with Crippen LogP contribution >= 0.6 is 11.3 Å². The fraction of sp³-hybridized carbons (Fsp3) is 0.429. The Kier molecular flexibility index (Phi) is 2.65. The van der Waals surface area contributed by atoms with E-state index in [0.29, 0.717) is 0 Å². The lowest BCUT2D eigenvalue weighted by Gasteiger charge is -2.09. The molecule has 0 amide bonds. The van der Waals surface area contributed by atoms with Gasteiger partial charge in [0.2, 0.25) is 0 Å². The first-order valence-corrected chi connectivity index (χ1v) is 4.50. The van der Waals surface area contributed by atoms with Crippen LogP contribution in [0, 0.1) is 12.3 Å². The van der Waals surface area contributed by atoms with Crippen LogP contribution in [0.3, 0.4) is 0 Å². The molecular formula is C7H12N4S. The Labute approximate surface area is 75.3 Å². The highest BCUT2D eigenvalue weighted by Crippen LogP contribution is 2.16. The minimum atomic E-state index is -0.0182. The summed E-state index contributed by atoms with van der Waals surface area (Å²) < 4.78 is 0. The second-order valence-electron chi connectivity index (χ2n) is 2.61. The van der Waals surface area contributed by atoms with Gasteiger partial charge in [-0.3, -0.25) is 5.41 Å². The van der Waals surface area contributed by atoms with E-state index >= 15 is 0 Å². The molecule has 0 saturated heterocycles. The summed E-state index contributed by atoms with van der Waals surface area (Å²) in [5.41, 5.74) is 6.19. The van der Waals surface area contributed by atoms with Crippen molar-refractivity contribution in [1.82, 2.24) is 10.3 Å². The highest BCUT2D eigenvalue weighted by molar-refractivity contribution is 7.09. The standard InChI is InChI=1S/C7H12N4S/c1-4-3-12-6(10-4)5(2)11-7(8)9/h3,5H,1-2H3,(H4,8,9,11). The van der Waals surface area contributed by atoms with Crippen molar-refractivity contribution in [3.8, 4) is 0 Å². The van der Waals surface area contributed by atoms with Gasteiger partial charge in [0.15, 0.2) is 5.96 Å². The highest BCUT2D eigenvalue weighted by atomic mass is 32.1. The number of thiazole rings is 1. The van der Waals surface area contributed by atoms with Crippen molar-refractivity contribution in [3.63, 3.8) is 0 Å². The molecule has 1 aromatic rings. The topological polar surface area (TPSA) is 74.8 Å². The third-order valence-corrected chi connectivity index (χ3v) is 2.52. The van der Waals surface area contributed by atoms with Gasteiger partial charge in [-0.2, -0.15) is 0 Å². The first-order valence-electron chi connectivity index (χ1n) is 3.62. The van der Waals surface area contributed by atoms with Crippen molar-refractivity contribution in [3.05, 3.63) is 16.1 Å². The van der Waals surface area contributed by atoms with Crippen molar-refractivity contribution in [1.29, 1.82) is 5.41 Å². The number of nitrogens with one attached hydrogen (secondary N) is 2. The molecule has 4 nitrogen and oxygen atoms in total. The monoisotopic (exact) mass is 184 g/mol. The van der Waals surface area contributed by atoms with Gasteiger partial charge in [-0.05, 0) is 13.8 Å². The van der Waals surface area contributed by atoms with Crippen LogP contribution in [0.4, 0.5) is 0 Å². The number of nitrogens with zero attached hydrogens (tertiary/aromatic N) is 1. The molecule has 0 aliphatic carbocycles. The van der Waals surface area contributed by atoms with Crippen LogP contribution < -0.4 is 11.1 Å². The Morgan fingerprint density at radius 1 is 1.83 bits per heavy atom. The molecule has 66 valence electrons. The van der Waals surface area contributed by atoms with E-state index in [1.54, 1.807) is 11.3 Å². The van der Waals surface area contributed by atoms with Crippen LogP contribution in [0.15, 0.2) is 5.38 Å². The summed E-state index contributed by atoms with van der Waals surface area (Å²) in [6.07, 6.45) is 0. The number of aryl methyl sites for hydroxylation is 1. The molecule has 1 atom stereocenters. The Balaban J connectivity index is 2.64. The fourth-order valence-corrected chi connectivity index (χ4v) is 1.67. The quantitative estimate of drug-likeness (QED) is 0.474. The Hall–Kier alpha value is -1.10. The van der Waals surface area contributed by atoms with Gasteiger partial charge >= 0.3 is 0 Å². The number of guanidine groups is 1. The van der Waals surface area contributed by atoms with Crippen LogP contribution in [0.1, 0.15) is 23.7 Å². The van der Waals surface area contributed by atoms with Gasteiger partial charge in [0, 0.05) is 11.1 Å². The number of hydrogen-bond acceptors (Lipinski definition) is 3. The summed E-state index contributed by atoms with van der Waals surface area (Å²) in [7, 11) is 0. The van der Waals surface area contributed by atoms with Gasteiger partial charge in [0.25, 0.3) is 0 Å². The Bertz CT molecular complexity index is 281. The third kappa shape index (κ3) is 2.20. The van der Waals surface area contributed by atoms with E-state index in [1.807, 2.05) is 19.2 Å². The number of aromatic nitrogens is 1. The Morgan fingerprint density at radius 3 is 2.92 bits per heavy atom. The van der Waals surface area contributed by atoms with Crippen LogP contribution in [0.5, 0.6) is 0 Å². The molecular weight excluding hydrogens is 172 g/mol. The minimum absolute atomic E-state index is 0.0182. The highest BCUT2D eigenvalue weighted by Gasteiger charge is 2.08. The molecule has 1 unspecified atom stereocenters. The zero-order valence-corrected chi connectivity index (χ0v) is 7.90. The maximum atomic E-state index is 7.02. The van der Waals surface area contributed by atoms with E-state index in [0.717, 1.165) is 10.7 Å². The molecule has 12 heavy (non-hydrogen) atoms. The minimum Gasteiger partial charge on any atom is -0.370 e. The lowest BCUT2D eigenvalue weighted by molar-refractivity contribution is 0.700. The van der Waals surface area contributed by atoms with Gasteiger partial charge in [0.05, 0.1) is 6.04 Å². The molecule has 0 fully saturated rings. The first kappa shape index (κ1) is 8.99. The normalized spacial score (nSPS) is 12.5. The molecule has 0 saturated carbocycles. The number of nitrogens with two attached hydrogens (primary N) is 1. The van der Waals surface area contributed by atoms with E-state index < -0.39 is 0 Å². The van der Waals surface area contributed by atoms with E-state index in [1.165, 1.54) is 0 Å². The summed E-state index contributed by atoms with van der Waals surface area (Å²) in [6.45, 7) is 3.88. The summed E-state index contributed by atoms with van der Waals surface area (Å²) in [5.74, 6) is -0.0182. The molecule has 5 heteroatoms. The molecule has 1 heterocycles. The summed E-state index contributed by atoms with van der Waals surface area (Å²) in [4.78, 5) is 4.27. The molecule has 0 radical (unpaired) electrons. The average molecular weight is 184 g/mol. The number of hydrogen-bond donors (Lipinski definition) is 3. The van der Waals surface area contributed by atoms with Crippen LogP contribution in [0.2, 0.25) is 0 Å². The second kappa shape index (κ2) is 3.53. The molecule has 0 bridgehead atoms. The predicted octanol–water partition coefficient (Wildman–Crippen LogP) is 0.996. The molecule has 4 N–H and O–H groups in total. The largest absolute Gasteiger partial charge is 0.370 e. The van der Waals surface area contributed by atoms with Gasteiger partial charge < -0.3 is 11.1 Å². The van der Waals surface area contributed by atoms with Crippen molar-refractivity contribution in [2.45, 2.75) is 19.9 Å². The number of rotatable bonds is 2. The molecule has 0 aliphatic heterocycles. The fourth-order valence-electron chi connectivity index (χ4n) is 0.866. The van der Waals surface area contributed by atoms with E-state index in [4.69, 9.17) is 11.1 Å². The smallest absolute Gasteiger partial charge is 0.186 e. The van der Waals surface area contributed by atoms with Crippen LogP contribution in [0.25, 0.3) is 0 Å². The molecule has 1 rings (SSSR count). The van der Waals surface area contributed by atoms with Crippen molar-refractivity contribution in [2.24, 2.45) is 5.73 Å². The lowest BCUT2D eigenvalue weighted by Crippen LogP contribution is -2.32. The van der Waals surface area contributed by atoms with Gasteiger partial charge in [-0.1, -0.05) is 0 Å². The maximum Gasteiger partial charge on any atom is 0.186 e. The molecule has 0 aromatic carbocycles. The van der Waals surface area contributed by atoms with Crippen LogP contribution in [-0.4, -0.2) is 10.9 Å². The summed E-state index contributed by atoms with van der Waals surface area (Å²) >= 11 is 1.57. The van der Waals surface area contributed by atoms with Crippen molar-refractivity contribution >= 4 is 17.3 Å². The molecule has 0 aliphatic rings. The predicted molar refractivity (Wildman–Crippen MR) is 50.3 cm³/mol. The summed E-state index contributed by atoms with van der Waals surface area (Å²) in [6, 6.07) is 0.0289. The Morgan fingerprint density at radius 2 is 2.50 bits per heavy atom. The molecule has 0 spiro atoms. The van der Waals surface area contributed by atoms with Crippen molar-refractivity contribution in [2.75, 3.05) is 0 Å².